The van der Waals surface area contributed by atoms with Gasteiger partial charge < -0.3 is 15.6 Å². The summed E-state index contributed by atoms with van der Waals surface area (Å²) >= 11 is 0. The first-order chi connectivity index (χ1) is 10.7. The summed E-state index contributed by atoms with van der Waals surface area (Å²) in [6.07, 6.45) is 1.48. The third-order valence-corrected chi connectivity index (χ3v) is 3.45. The fourth-order valence-electron chi connectivity index (χ4n) is 2.36. The normalized spacial score (nSPS) is 18.3. The van der Waals surface area contributed by atoms with Crippen molar-refractivity contribution in [3.63, 3.8) is 0 Å². The number of nitrogen functional groups attached to an aromatic ring is 1. The third-order valence-electron chi connectivity index (χ3n) is 3.45. The van der Waals surface area contributed by atoms with Crippen LogP contribution in [0.25, 0.3) is 5.57 Å². The highest BCUT2D eigenvalue weighted by Crippen LogP contribution is 2.30. The molecule has 6 heteroatoms. The van der Waals surface area contributed by atoms with E-state index < -0.39 is 23.6 Å². The van der Waals surface area contributed by atoms with Gasteiger partial charge in [0.1, 0.15) is 5.60 Å². The molecule has 0 spiro atoms. The second kappa shape index (κ2) is 6.32. The number of nitrogens with two attached hydrogens (primary N) is 1. The van der Waals surface area contributed by atoms with Gasteiger partial charge in [0, 0.05) is 18.4 Å². The van der Waals surface area contributed by atoms with Gasteiger partial charge in [-0.25, -0.2) is 4.79 Å². The molecular weight excluding hydrogens is 296 g/mol. The zero-order valence-corrected chi connectivity index (χ0v) is 13.6. The number of benzene rings is 1. The van der Waals surface area contributed by atoms with E-state index in [1.165, 1.54) is 4.90 Å². The molecule has 1 heterocycles. The van der Waals surface area contributed by atoms with Crippen LogP contribution in [0.2, 0.25) is 0 Å². The average molecular weight is 318 g/mol. The topological polar surface area (TPSA) is 92.9 Å². The van der Waals surface area contributed by atoms with Crippen molar-refractivity contribution in [3.05, 3.63) is 36.0 Å². The van der Waals surface area contributed by atoms with Gasteiger partial charge in [-0.2, -0.15) is 0 Å². The van der Waals surface area contributed by atoms with Gasteiger partial charge in [-0.3, -0.25) is 9.69 Å². The first-order valence-electron chi connectivity index (χ1n) is 7.45. The molecule has 1 aliphatic rings. The smallest absolute Gasteiger partial charge is 0.414 e. The van der Waals surface area contributed by atoms with Crippen LogP contribution in [0, 0.1) is 5.92 Å². The summed E-state index contributed by atoms with van der Waals surface area (Å²) in [6.45, 7) is 5.42. The van der Waals surface area contributed by atoms with Gasteiger partial charge >= 0.3 is 12.1 Å². The van der Waals surface area contributed by atoms with Crippen LogP contribution in [-0.4, -0.2) is 34.2 Å². The molecule has 1 unspecified atom stereocenters. The van der Waals surface area contributed by atoms with Crippen LogP contribution in [0.4, 0.5) is 10.5 Å². The Balaban J connectivity index is 2.30. The summed E-state index contributed by atoms with van der Waals surface area (Å²) in [5, 5.41) is 9.35. The number of hydrogen-bond acceptors (Lipinski definition) is 4. The number of carboxylic acid groups (broad SMARTS) is 1. The maximum atomic E-state index is 12.3. The second-order valence-corrected chi connectivity index (χ2v) is 6.65. The lowest BCUT2D eigenvalue weighted by molar-refractivity contribution is -0.142. The quantitative estimate of drug-likeness (QED) is 0.818. The summed E-state index contributed by atoms with van der Waals surface area (Å²) in [6, 6.07) is 7.13. The summed E-state index contributed by atoms with van der Waals surface area (Å²) < 4.78 is 5.34. The number of ether oxygens (including phenoxy) is 1. The monoisotopic (exact) mass is 318 g/mol. The van der Waals surface area contributed by atoms with E-state index in [4.69, 9.17) is 10.5 Å². The molecule has 1 aliphatic heterocycles. The molecule has 0 aliphatic carbocycles. The average Bonchev–Trinajstić information content (AvgIpc) is 2.45. The minimum absolute atomic E-state index is 0.0999. The predicted octanol–water partition coefficient (Wildman–Crippen LogP) is 2.95. The molecule has 0 fully saturated rings. The Labute approximate surface area is 135 Å². The number of rotatable bonds is 2. The van der Waals surface area contributed by atoms with Crippen LogP contribution < -0.4 is 5.73 Å². The first-order valence-corrected chi connectivity index (χ1v) is 7.45. The Hall–Kier alpha value is -2.50. The molecule has 1 aromatic rings. The van der Waals surface area contributed by atoms with Gasteiger partial charge in [-0.15, -0.1) is 0 Å². The van der Waals surface area contributed by atoms with Crippen molar-refractivity contribution < 1.29 is 19.4 Å². The zero-order valence-electron chi connectivity index (χ0n) is 13.6. The molecule has 0 bridgehead atoms. The number of carbonyl (C=O) groups is 2. The van der Waals surface area contributed by atoms with Gasteiger partial charge in [-0.05, 0) is 50.5 Å². The molecule has 0 saturated heterocycles. The van der Waals surface area contributed by atoms with Crippen molar-refractivity contribution in [1.82, 2.24) is 4.90 Å². The van der Waals surface area contributed by atoms with Crippen LogP contribution in [0.5, 0.6) is 0 Å². The second-order valence-electron chi connectivity index (χ2n) is 6.65. The van der Waals surface area contributed by atoms with Crippen LogP contribution in [-0.2, 0) is 9.53 Å². The highest BCUT2D eigenvalue weighted by atomic mass is 16.6. The van der Waals surface area contributed by atoms with E-state index in [-0.39, 0.29) is 6.54 Å². The highest BCUT2D eigenvalue weighted by Gasteiger charge is 2.31. The van der Waals surface area contributed by atoms with Crippen molar-refractivity contribution in [3.8, 4) is 0 Å². The molecule has 2 rings (SSSR count). The van der Waals surface area contributed by atoms with Crippen molar-refractivity contribution in [2.75, 3.05) is 12.3 Å². The number of carbonyl (C=O) groups excluding carboxylic acids is 1. The number of aliphatic carboxylic acids is 1. The first kappa shape index (κ1) is 16.9. The third kappa shape index (κ3) is 4.48. The maximum Gasteiger partial charge on any atom is 0.414 e. The molecule has 1 amide bonds. The molecule has 3 N–H and O–H groups in total. The summed E-state index contributed by atoms with van der Waals surface area (Å²) in [7, 11) is 0. The molecule has 1 atom stereocenters. The fourth-order valence-corrected chi connectivity index (χ4v) is 2.36. The lowest BCUT2D eigenvalue weighted by Crippen LogP contribution is -2.40. The Morgan fingerprint density at radius 2 is 1.87 bits per heavy atom. The van der Waals surface area contributed by atoms with Crippen molar-refractivity contribution in [2.24, 2.45) is 5.92 Å². The number of amides is 1. The van der Waals surface area contributed by atoms with Crippen LogP contribution >= 0.6 is 0 Å². The van der Waals surface area contributed by atoms with Crippen molar-refractivity contribution in [2.45, 2.75) is 32.8 Å². The maximum absolute atomic E-state index is 12.3. The number of carboxylic acids is 1. The molecule has 0 aromatic heterocycles. The van der Waals surface area contributed by atoms with Crippen molar-refractivity contribution >= 4 is 23.3 Å². The number of anilines is 1. The van der Waals surface area contributed by atoms with Gasteiger partial charge in [0.15, 0.2) is 0 Å². The molecular formula is C17H22N2O4. The van der Waals surface area contributed by atoms with Gasteiger partial charge in [0.05, 0.1) is 5.92 Å². The van der Waals surface area contributed by atoms with E-state index in [1.807, 2.05) is 12.1 Å². The van der Waals surface area contributed by atoms with E-state index >= 15 is 0 Å². The van der Waals surface area contributed by atoms with Gasteiger partial charge in [-0.1, -0.05) is 12.1 Å². The molecule has 0 radical (unpaired) electrons. The largest absolute Gasteiger partial charge is 0.481 e. The van der Waals surface area contributed by atoms with Gasteiger partial charge in [0.25, 0.3) is 0 Å². The Kier molecular flexibility index (Phi) is 4.63. The number of nitrogens with zero attached hydrogens (tertiary/aromatic N) is 1. The van der Waals surface area contributed by atoms with E-state index in [0.29, 0.717) is 12.1 Å². The lowest BCUT2D eigenvalue weighted by Gasteiger charge is -2.31. The summed E-state index contributed by atoms with van der Waals surface area (Å²) in [5.74, 6) is -1.60. The highest BCUT2D eigenvalue weighted by molar-refractivity contribution is 5.81. The molecule has 6 nitrogen and oxygen atoms in total. The zero-order chi connectivity index (χ0) is 17.2. The van der Waals surface area contributed by atoms with E-state index in [0.717, 1.165) is 11.1 Å². The van der Waals surface area contributed by atoms with E-state index in [2.05, 4.69) is 0 Å². The number of hydrogen-bond donors (Lipinski definition) is 2. The Bertz CT molecular complexity index is 629. The lowest BCUT2D eigenvalue weighted by atomic mass is 9.91. The minimum atomic E-state index is -0.931. The molecule has 124 valence electrons. The molecule has 0 saturated carbocycles. The predicted molar refractivity (Wildman–Crippen MR) is 87.5 cm³/mol. The Morgan fingerprint density at radius 3 is 2.39 bits per heavy atom. The van der Waals surface area contributed by atoms with Crippen LogP contribution in [0.15, 0.2) is 30.5 Å². The van der Waals surface area contributed by atoms with Gasteiger partial charge in [0.2, 0.25) is 0 Å². The molecule has 23 heavy (non-hydrogen) atoms. The SMILES string of the molecule is CC(C)(C)OC(=O)N1C=C(c2ccc(N)cc2)CC(C(=O)O)C1. The van der Waals surface area contributed by atoms with Crippen LogP contribution in [0.1, 0.15) is 32.8 Å². The summed E-state index contributed by atoms with van der Waals surface area (Å²) in [5.41, 5.74) is 7.29. The Morgan fingerprint density at radius 1 is 1.26 bits per heavy atom. The minimum Gasteiger partial charge on any atom is -0.481 e. The standard InChI is InChI=1S/C17H22N2O4/c1-17(2,3)23-16(22)19-9-12(8-13(10-19)15(20)21)11-4-6-14(18)7-5-11/h4-7,9,13H,8,10,18H2,1-3H3,(H,20,21). The number of allylic oxidation sites excluding steroid dienone is 1. The van der Waals surface area contributed by atoms with E-state index in [9.17, 15) is 14.7 Å². The molecule has 1 aromatic carbocycles. The van der Waals surface area contributed by atoms with Crippen LogP contribution in [0.3, 0.4) is 0 Å². The van der Waals surface area contributed by atoms with Crippen molar-refractivity contribution in [1.29, 1.82) is 0 Å². The van der Waals surface area contributed by atoms with E-state index in [1.54, 1.807) is 39.1 Å². The fraction of sp³-hybridized carbons (Fsp3) is 0.412. The summed E-state index contributed by atoms with van der Waals surface area (Å²) in [4.78, 5) is 25.0.